The van der Waals surface area contributed by atoms with E-state index in [-0.39, 0.29) is 0 Å². The third kappa shape index (κ3) is 2.59. The summed E-state index contributed by atoms with van der Waals surface area (Å²) in [5.74, 6) is 0.417. The van der Waals surface area contributed by atoms with E-state index in [2.05, 4.69) is 23.9 Å². The smallest absolute Gasteiger partial charge is 0.0957 e. The van der Waals surface area contributed by atoms with Crippen LogP contribution in [0.5, 0.6) is 0 Å². The molecular formula is C14H19N3O. The summed E-state index contributed by atoms with van der Waals surface area (Å²) in [5.41, 5.74) is 2.68. The molecule has 1 atom stereocenters. The van der Waals surface area contributed by atoms with Crippen LogP contribution in [0.4, 0.5) is 0 Å². The van der Waals surface area contributed by atoms with Crippen LogP contribution in [0.2, 0.25) is 0 Å². The highest BCUT2D eigenvalue weighted by Crippen LogP contribution is 2.16. The Morgan fingerprint density at radius 2 is 2.00 bits per heavy atom. The van der Waals surface area contributed by atoms with Gasteiger partial charge in [0, 0.05) is 6.20 Å². The topological polar surface area (TPSA) is 50.9 Å². The molecule has 0 radical (unpaired) electrons. The van der Waals surface area contributed by atoms with E-state index >= 15 is 0 Å². The molecule has 0 aliphatic heterocycles. The quantitative estimate of drug-likeness (QED) is 0.901. The highest BCUT2D eigenvalue weighted by molar-refractivity contribution is 5.29. The Hall–Kier alpha value is -1.68. The summed E-state index contributed by atoms with van der Waals surface area (Å²) >= 11 is 0. The third-order valence-corrected chi connectivity index (χ3v) is 2.96. The average Bonchev–Trinajstić information content (AvgIpc) is 2.88. The van der Waals surface area contributed by atoms with Gasteiger partial charge in [0.25, 0.3) is 0 Å². The monoisotopic (exact) mass is 245 g/mol. The van der Waals surface area contributed by atoms with E-state index in [1.54, 1.807) is 6.20 Å². The molecule has 96 valence electrons. The number of aliphatic hydroxyl groups excluding tert-OH is 1. The van der Waals surface area contributed by atoms with Gasteiger partial charge in [0.15, 0.2) is 0 Å². The number of nitrogens with zero attached hydrogens (tertiary/aromatic N) is 3. The second-order valence-corrected chi connectivity index (χ2v) is 4.71. The molecule has 0 bridgehead atoms. The molecule has 0 aliphatic rings. The van der Waals surface area contributed by atoms with Crippen molar-refractivity contribution in [2.75, 3.05) is 0 Å². The Bertz CT molecular complexity index is 502. The molecule has 0 aromatic carbocycles. The summed E-state index contributed by atoms with van der Waals surface area (Å²) in [4.78, 5) is 4.27. The SMILES string of the molecule is CC[C@@H](O)c1ccc(-n2ccc(C(C)C)n2)cn1. The first-order valence-electron chi connectivity index (χ1n) is 6.31. The zero-order valence-electron chi connectivity index (χ0n) is 11.0. The Kier molecular flexibility index (Phi) is 3.77. The average molecular weight is 245 g/mol. The molecule has 2 aromatic heterocycles. The van der Waals surface area contributed by atoms with Gasteiger partial charge < -0.3 is 5.11 Å². The standard InChI is InChI=1S/C14H19N3O/c1-4-14(18)13-6-5-11(9-15-13)17-8-7-12(16-17)10(2)3/h5-10,14,18H,4H2,1-3H3/t14-/m1/s1. The molecule has 0 amide bonds. The van der Waals surface area contributed by atoms with Gasteiger partial charge in [-0.1, -0.05) is 20.8 Å². The van der Waals surface area contributed by atoms with Crippen LogP contribution in [0.3, 0.4) is 0 Å². The lowest BCUT2D eigenvalue weighted by Gasteiger charge is -2.08. The molecule has 2 aromatic rings. The van der Waals surface area contributed by atoms with Gasteiger partial charge in [-0.25, -0.2) is 4.68 Å². The second-order valence-electron chi connectivity index (χ2n) is 4.71. The van der Waals surface area contributed by atoms with E-state index in [4.69, 9.17) is 0 Å². The second kappa shape index (κ2) is 5.31. The molecule has 18 heavy (non-hydrogen) atoms. The lowest BCUT2D eigenvalue weighted by Crippen LogP contribution is -2.02. The van der Waals surface area contributed by atoms with E-state index in [1.165, 1.54) is 0 Å². The minimum atomic E-state index is -0.483. The van der Waals surface area contributed by atoms with Crippen molar-refractivity contribution in [1.82, 2.24) is 14.8 Å². The van der Waals surface area contributed by atoms with Crippen LogP contribution in [-0.2, 0) is 0 Å². The molecule has 0 fully saturated rings. The molecule has 0 spiro atoms. The highest BCUT2D eigenvalue weighted by Gasteiger charge is 2.08. The van der Waals surface area contributed by atoms with Crippen molar-refractivity contribution in [3.05, 3.63) is 42.0 Å². The van der Waals surface area contributed by atoms with Gasteiger partial charge in [0.2, 0.25) is 0 Å². The molecular weight excluding hydrogens is 226 g/mol. The largest absolute Gasteiger partial charge is 0.387 e. The normalized spacial score (nSPS) is 12.9. The van der Waals surface area contributed by atoms with Gasteiger partial charge in [-0.3, -0.25) is 4.98 Å². The Morgan fingerprint density at radius 1 is 1.22 bits per heavy atom. The number of hydrogen-bond donors (Lipinski definition) is 1. The van der Waals surface area contributed by atoms with Gasteiger partial charge in [-0.05, 0) is 30.5 Å². The van der Waals surface area contributed by atoms with E-state index < -0.39 is 6.10 Å². The first kappa shape index (κ1) is 12.8. The summed E-state index contributed by atoms with van der Waals surface area (Å²) in [6.07, 6.45) is 3.86. The van der Waals surface area contributed by atoms with Gasteiger partial charge >= 0.3 is 0 Å². The predicted molar refractivity (Wildman–Crippen MR) is 70.7 cm³/mol. The van der Waals surface area contributed by atoms with Crippen molar-refractivity contribution in [2.24, 2.45) is 0 Å². The van der Waals surface area contributed by atoms with Crippen LogP contribution in [-0.4, -0.2) is 19.9 Å². The summed E-state index contributed by atoms with van der Waals surface area (Å²) in [6, 6.07) is 5.79. The predicted octanol–water partition coefficient (Wildman–Crippen LogP) is 2.83. The number of pyridine rings is 1. The molecule has 0 unspecified atom stereocenters. The molecule has 4 nitrogen and oxygen atoms in total. The number of aromatic nitrogens is 3. The maximum atomic E-state index is 9.68. The van der Waals surface area contributed by atoms with Crippen LogP contribution >= 0.6 is 0 Å². The van der Waals surface area contributed by atoms with Crippen LogP contribution in [0.25, 0.3) is 5.69 Å². The lowest BCUT2D eigenvalue weighted by molar-refractivity contribution is 0.169. The molecule has 2 heterocycles. The first-order valence-corrected chi connectivity index (χ1v) is 6.31. The molecule has 2 rings (SSSR count). The number of aliphatic hydroxyl groups is 1. The van der Waals surface area contributed by atoms with Crippen molar-refractivity contribution >= 4 is 0 Å². The van der Waals surface area contributed by atoms with E-state index in [1.807, 2.05) is 36.0 Å². The fraction of sp³-hybridized carbons (Fsp3) is 0.429. The molecule has 0 saturated carbocycles. The third-order valence-electron chi connectivity index (χ3n) is 2.96. The Morgan fingerprint density at radius 3 is 2.50 bits per heavy atom. The van der Waals surface area contributed by atoms with Crippen molar-refractivity contribution in [3.63, 3.8) is 0 Å². The molecule has 0 aliphatic carbocycles. The molecule has 0 saturated heterocycles. The Balaban J connectivity index is 2.23. The van der Waals surface area contributed by atoms with Crippen molar-refractivity contribution < 1.29 is 5.11 Å². The van der Waals surface area contributed by atoms with E-state index in [0.29, 0.717) is 18.0 Å². The maximum Gasteiger partial charge on any atom is 0.0957 e. The van der Waals surface area contributed by atoms with Crippen LogP contribution < -0.4 is 0 Å². The summed E-state index contributed by atoms with van der Waals surface area (Å²) < 4.78 is 1.81. The van der Waals surface area contributed by atoms with Crippen LogP contribution in [0.1, 0.15) is 50.6 Å². The van der Waals surface area contributed by atoms with E-state index in [0.717, 1.165) is 11.4 Å². The number of hydrogen-bond acceptors (Lipinski definition) is 3. The minimum Gasteiger partial charge on any atom is -0.387 e. The van der Waals surface area contributed by atoms with Gasteiger partial charge in [0.05, 0.1) is 29.4 Å². The maximum absolute atomic E-state index is 9.68. The minimum absolute atomic E-state index is 0.417. The molecule has 1 N–H and O–H groups in total. The van der Waals surface area contributed by atoms with Gasteiger partial charge in [0.1, 0.15) is 0 Å². The summed E-state index contributed by atoms with van der Waals surface area (Å²) in [6.45, 7) is 6.17. The van der Waals surface area contributed by atoms with Gasteiger partial charge in [-0.2, -0.15) is 5.10 Å². The fourth-order valence-electron chi connectivity index (χ4n) is 1.73. The zero-order chi connectivity index (χ0) is 13.1. The Labute approximate surface area is 107 Å². The molecule has 4 heteroatoms. The van der Waals surface area contributed by atoms with Crippen molar-refractivity contribution in [3.8, 4) is 5.69 Å². The highest BCUT2D eigenvalue weighted by atomic mass is 16.3. The summed E-state index contributed by atoms with van der Waals surface area (Å²) in [7, 11) is 0. The van der Waals surface area contributed by atoms with Crippen molar-refractivity contribution in [2.45, 2.75) is 39.2 Å². The fourth-order valence-corrected chi connectivity index (χ4v) is 1.73. The van der Waals surface area contributed by atoms with Crippen molar-refractivity contribution in [1.29, 1.82) is 0 Å². The van der Waals surface area contributed by atoms with Crippen LogP contribution in [0.15, 0.2) is 30.6 Å². The van der Waals surface area contributed by atoms with E-state index in [9.17, 15) is 5.11 Å². The first-order chi connectivity index (χ1) is 8.61. The number of rotatable bonds is 4. The van der Waals surface area contributed by atoms with Crippen LogP contribution in [0, 0.1) is 0 Å². The zero-order valence-corrected chi connectivity index (χ0v) is 11.0. The van der Waals surface area contributed by atoms with Gasteiger partial charge in [-0.15, -0.1) is 0 Å². The lowest BCUT2D eigenvalue weighted by atomic mass is 10.1. The summed E-state index contributed by atoms with van der Waals surface area (Å²) in [5, 5.41) is 14.2.